The normalized spacial score (nSPS) is 13.8. The lowest BCUT2D eigenvalue weighted by Gasteiger charge is -2.16. The lowest BCUT2D eigenvalue weighted by molar-refractivity contribution is -0.117. The molecule has 0 spiro atoms. The van der Waals surface area contributed by atoms with Crippen molar-refractivity contribution in [2.24, 2.45) is 0 Å². The third-order valence-electron chi connectivity index (χ3n) is 4.07. The zero-order chi connectivity index (χ0) is 16.8. The predicted molar refractivity (Wildman–Crippen MR) is 93.5 cm³/mol. The van der Waals surface area contributed by atoms with Crippen LogP contribution in [-0.4, -0.2) is 18.5 Å². The summed E-state index contributed by atoms with van der Waals surface area (Å²) >= 11 is 0. The van der Waals surface area contributed by atoms with Gasteiger partial charge < -0.3 is 15.5 Å². The van der Waals surface area contributed by atoms with Crippen LogP contribution in [0.4, 0.5) is 10.5 Å². The van der Waals surface area contributed by atoms with Gasteiger partial charge in [-0.3, -0.25) is 4.79 Å². The molecule has 5 nitrogen and oxygen atoms in total. The van der Waals surface area contributed by atoms with Crippen molar-refractivity contribution >= 4 is 17.6 Å². The Balaban J connectivity index is 1.46. The van der Waals surface area contributed by atoms with Crippen LogP contribution >= 0.6 is 0 Å². The second-order valence-corrected chi connectivity index (χ2v) is 5.84. The van der Waals surface area contributed by atoms with Crippen molar-refractivity contribution in [3.05, 3.63) is 65.7 Å². The van der Waals surface area contributed by atoms with Crippen molar-refractivity contribution in [3.8, 4) is 0 Å². The fourth-order valence-corrected chi connectivity index (χ4v) is 2.74. The molecule has 124 valence electrons. The van der Waals surface area contributed by atoms with Gasteiger partial charge >= 0.3 is 6.03 Å². The molecule has 0 aromatic heterocycles. The van der Waals surface area contributed by atoms with Gasteiger partial charge in [-0.15, -0.1) is 0 Å². The lowest BCUT2D eigenvalue weighted by Crippen LogP contribution is -2.34. The van der Waals surface area contributed by atoms with Crippen LogP contribution in [0.15, 0.2) is 54.6 Å². The van der Waals surface area contributed by atoms with E-state index in [1.165, 1.54) is 0 Å². The smallest absolute Gasteiger partial charge is 0.315 e. The van der Waals surface area contributed by atoms with E-state index in [-0.39, 0.29) is 11.9 Å². The maximum absolute atomic E-state index is 11.8. The number of benzene rings is 2. The SMILES string of the molecule is O=C(NCc1ccccc1)NCc1ccc(N2CCCC2=O)cc1. The maximum Gasteiger partial charge on any atom is 0.315 e. The molecule has 0 bridgehead atoms. The van der Waals surface area contributed by atoms with E-state index >= 15 is 0 Å². The molecule has 1 aliphatic heterocycles. The van der Waals surface area contributed by atoms with Crippen molar-refractivity contribution in [1.82, 2.24) is 10.6 Å². The van der Waals surface area contributed by atoms with Crippen molar-refractivity contribution in [3.63, 3.8) is 0 Å². The minimum atomic E-state index is -0.197. The zero-order valence-electron chi connectivity index (χ0n) is 13.5. The Labute approximate surface area is 141 Å². The fourth-order valence-electron chi connectivity index (χ4n) is 2.74. The Kier molecular flexibility index (Phi) is 5.11. The molecule has 1 saturated heterocycles. The number of rotatable bonds is 5. The number of carbonyl (C=O) groups is 2. The van der Waals surface area contributed by atoms with E-state index in [4.69, 9.17) is 0 Å². The molecule has 0 saturated carbocycles. The molecule has 1 aliphatic rings. The number of hydrogen-bond acceptors (Lipinski definition) is 2. The van der Waals surface area contributed by atoms with E-state index in [1.807, 2.05) is 59.5 Å². The fraction of sp³-hybridized carbons (Fsp3) is 0.263. The van der Waals surface area contributed by atoms with E-state index < -0.39 is 0 Å². The molecule has 2 N–H and O–H groups in total. The molecule has 24 heavy (non-hydrogen) atoms. The molecule has 3 rings (SSSR count). The molecule has 5 heteroatoms. The van der Waals surface area contributed by atoms with Gasteiger partial charge in [0, 0.05) is 31.7 Å². The van der Waals surface area contributed by atoms with E-state index in [2.05, 4.69) is 10.6 Å². The van der Waals surface area contributed by atoms with Crippen molar-refractivity contribution in [2.75, 3.05) is 11.4 Å². The van der Waals surface area contributed by atoms with Crippen LogP contribution < -0.4 is 15.5 Å². The minimum Gasteiger partial charge on any atom is -0.334 e. The summed E-state index contributed by atoms with van der Waals surface area (Å²) in [5.41, 5.74) is 2.99. The summed E-state index contributed by atoms with van der Waals surface area (Å²) in [6.07, 6.45) is 1.55. The summed E-state index contributed by atoms with van der Waals surface area (Å²) < 4.78 is 0. The molecule has 2 aromatic rings. The van der Waals surface area contributed by atoms with Gasteiger partial charge in [-0.25, -0.2) is 4.79 Å². The highest BCUT2D eigenvalue weighted by Gasteiger charge is 2.21. The highest BCUT2D eigenvalue weighted by molar-refractivity contribution is 5.95. The first-order valence-corrected chi connectivity index (χ1v) is 8.17. The number of anilines is 1. The molecule has 0 unspecified atom stereocenters. The van der Waals surface area contributed by atoms with Gasteiger partial charge in [0.1, 0.15) is 0 Å². The number of nitrogens with zero attached hydrogens (tertiary/aromatic N) is 1. The predicted octanol–water partition coefficient (Wildman–Crippen LogP) is 2.81. The highest BCUT2D eigenvalue weighted by Crippen LogP contribution is 2.21. The summed E-state index contributed by atoms with van der Waals surface area (Å²) in [6.45, 7) is 1.75. The minimum absolute atomic E-state index is 0.182. The molecule has 1 fully saturated rings. The second-order valence-electron chi connectivity index (χ2n) is 5.84. The van der Waals surface area contributed by atoms with Gasteiger partial charge in [0.25, 0.3) is 0 Å². The van der Waals surface area contributed by atoms with Crippen LogP contribution in [0.2, 0.25) is 0 Å². The number of nitrogens with one attached hydrogen (secondary N) is 2. The topological polar surface area (TPSA) is 61.4 Å². The number of amides is 3. The average Bonchev–Trinajstić information content (AvgIpc) is 3.05. The molecule has 1 heterocycles. The summed E-state index contributed by atoms with van der Waals surface area (Å²) in [7, 11) is 0. The van der Waals surface area contributed by atoms with Crippen molar-refractivity contribution in [2.45, 2.75) is 25.9 Å². The summed E-state index contributed by atoms with van der Waals surface area (Å²) in [4.78, 5) is 25.4. The van der Waals surface area contributed by atoms with Crippen LogP contribution in [0.1, 0.15) is 24.0 Å². The standard InChI is InChI=1S/C19H21N3O2/c23-18-7-4-12-22(18)17-10-8-16(9-11-17)14-21-19(24)20-13-15-5-2-1-3-6-15/h1-3,5-6,8-11H,4,7,12-14H2,(H2,20,21,24). The van der Waals surface area contributed by atoms with E-state index in [9.17, 15) is 9.59 Å². The van der Waals surface area contributed by atoms with Gasteiger partial charge in [-0.2, -0.15) is 0 Å². The zero-order valence-corrected chi connectivity index (χ0v) is 13.5. The van der Waals surface area contributed by atoms with Crippen LogP contribution in [0.25, 0.3) is 0 Å². The summed E-state index contributed by atoms with van der Waals surface area (Å²) in [5.74, 6) is 0.182. The molecule has 0 atom stereocenters. The monoisotopic (exact) mass is 323 g/mol. The van der Waals surface area contributed by atoms with E-state index in [0.29, 0.717) is 19.5 Å². The van der Waals surface area contributed by atoms with Crippen LogP contribution in [0, 0.1) is 0 Å². The summed E-state index contributed by atoms with van der Waals surface area (Å²) in [6, 6.07) is 17.3. The molecular formula is C19H21N3O2. The van der Waals surface area contributed by atoms with E-state index in [0.717, 1.165) is 29.8 Å². The number of carbonyl (C=O) groups excluding carboxylic acids is 2. The van der Waals surface area contributed by atoms with Gasteiger partial charge in [-0.1, -0.05) is 42.5 Å². The van der Waals surface area contributed by atoms with Crippen LogP contribution in [0.5, 0.6) is 0 Å². The largest absolute Gasteiger partial charge is 0.334 e. The van der Waals surface area contributed by atoms with Crippen molar-refractivity contribution < 1.29 is 9.59 Å². The Morgan fingerprint density at radius 1 is 0.917 bits per heavy atom. The van der Waals surface area contributed by atoms with Crippen LogP contribution in [-0.2, 0) is 17.9 Å². The van der Waals surface area contributed by atoms with Crippen LogP contribution in [0.3, 0.4) is 0 Å². The third kappa shape index (κ3) is 4.13. The molecule has 2 aromatic carbocycles. The Morgan fingerprint density at radius 2 is 1.54 bits per heavy atom. The van der Waals surface area contributed by atoms with E-state index in [1.54, 1.807) is 0 Å². The number of hydrogen-bond donors (Lipinski definition) is 2. The second kappa shape index (κ2) is 7.64. The Bertz CT molecular complexity index is 698. The first-order valence-electron chi connectivity index (χ1n) is 8.17. The molecule has 0 radical (unpaired) electrons. The third-order valence-corrected chi connectivity index (χ3v) is 4.07. The average molecular weight is 323 g/mol. The van der Waals surface area contributed by atoms with Gasteiger partial charge in [0.15, 0.2) is 0 Å². The molecular weight excluding hydrogens is 302 g/mol. The quantitative estimate of drug-likeness (QED) is 0.889. The Morgan fingerprint density at radius 3 is 2.12 bits per heavy atom. The molecule has 0 aliphatic carbocycles. The summed E-state index contributed by atoms with van der Waals surface area (Å²) in [5, 5.41) is 5.66. The Hall–Kier alpha value is -2.82. The van der Waals surface area contributed by atoms with Gasteiger partial charge in [0.05, 0.1) is 0 Å². The van der Waals surface area contributed by atoms with Gasteiger partial charge in [0.2, 0.25) is 5.91 Å². The molecule has 3 amide bonds. The lowest BCUT2D eigenvalue weighted by atomic mass is 10.2. The van der Waals surface area contributed by atoms with Crippen molar-refractivity contribution in [1.29, 1.82) is 0 Å². The maximum atomic E-state index is 11.8. The van der Waals surface area contributed by atoms with Gasteiger partial charge in [-0.05, 0) is 29.7 Å². The number of urea groups is 1. The highest BCUT2D eigenvalue weighted by atomic mass is 16.2. The first-order chi connectivity index (χ1) is 11.7. The first kappa shape index (κ1) is 16.1.